The van der Waals surface area contributed by atoms with Crippen LogP contribution < -0.4 is 9.47 Å². The number of hydrogen-bond acceptors (Lipinski definition) is 4. The molecule has 1 aromatic rings. The first kappa shape index (κ1) is 16.1. The summed E-state index contributed by atoms with van der Waals surface area (Å²) in [6.45, 7) is 6.38. The SMILES string of the molecule is C#CCN1CCC(C(=O)Oc2ccc(OCC=C)cc2)CC1. The molecule has 0 unspecified atom stereocenters. The molecule has 0 aliphatic carbocycles. The van der Waals surface area contributed by atoms with Crippen LogP contribution in [0.1, 0.15) is 12.8 Å². The average Bonchev–Trinajstić information content (AvgIpc) is 2.55. The van der Waals surface area contributed by atoms with Gasteiger partial charge in [-0.2, -0.15) is 0 Å². The number of carbonyl (C=O) groups excluding carboxylic acids is 1. The van der Waals surface area contributed by atoms with E-state index in [9.17, 15) is 4.79 Å². The van der Waals surface area contributed by atoms with Gasteiger partial charge in [-0.3, -0.25) is 9.69 Å². The molecule has 22 heavy (non-hydrogen) atoms. The lowest BCUT2D eigenvalue weighted by Crippen LogP contribution is -2.37. The lowest BCUT2D eigenvalue weighted by atomic mass is 9.97. The Labute approximate surface area is 131 Å². The molecule has 4 heteroatoms. The van der Waals surface area contributed by atoms with Crippen LogP contribution in [0.3, 0.4) is 0 Å². The first-order valence-electron chi connectivity index (χ1n) is 7.44. The summed E-state index contributed by atoms with van der Waals surface area (Å²) < 4.78 is 10.8. The minimum absolute atomic E-state index is 0.0503. The third kappa shape index (κ3) is 4.64. The van der Waals surface area contributed by atoms with Gasteiger partial charge in [0.05, 0.1) is 12.5 Å². The molecule has 1 heterocycles. The molecule has 0 spiro atoms. The van der Waals surface area contributed by atoms with Crippen LogP contribution in [0.4, 0.5) is 0 Å². The van der Waals surface area contributed by atoms with Gasteiger partial charge in [-0.1, -0.05) is 18.6 Å². The summed E-state index contributed by atoms with van der Waals surface area (Å²) in [6.07, 6.45) is 8.57. The highest BCUT2D eigenvalue weighted by Crippen LogP contribution is 2.22. The number of piperidine rings is 1. The zero-order valence-electron chi connectivity index (χ0n) is 12.7. The number of rotatable bonds is 6. The predicted molar refractivity (Wildman–Crippen MR) is 85.8 cm³/mol. The van der Waals surface area contributed by atoms with Gasteiger partial charge >= 0.3 is 5.97 Å². The summed E-state index contributed by atoms with van der Waals surface area (Å²) in [5.41, 5.74) is 0. The van der Waals surface area contributed by atoms with Crippen molar-refractivity contribution in [3.8, 4) is 23.8 Å². The molecule has 1 aliphatic rings. The molecule has 0 atom stereocenters. The standard InChI is InChI=1S/C18H21NO3/c1-3-11-19-12-9-15(10-13-19)18(20)22-17-7-5-16(6-8-17)21-14-4-2/h1,4-8,15H,2,9-14H2. The van der Waals surface area contributed by atoms with E-state index in [2.05, 4.69) is 17.4 Å². The second-order valence-corrected chi connectivity index (χ2v) is 5.25. The molecule has 4 nitrogen and oxygen atoms in total. The van der Waals surface area contributed by atoms with Gasteiger partial charge in [0, 0.05) is 0 Å². The molecule has 0 aromatic heterocycles. The topological polar surface area (TPSA) is 38.8 Å². The molecule has 116 valence electrons. The minimum atomic E-state index is -0.167. The Kier molecular flexibility index (Phi) is 6.05. The molecule has 0 N–H and O–H groups in total. The van der Waals surface area contributed by atoms with Crippen molar-refractivity contribution in [3.63, 3.8) is 0 Å². The van der Waals surface area contributed by atoms with E-state index in [1.165, 1.54) is 0 Å². The van der Waals surface area contributed by atoms with Gasteiger partial charge < -0.3 is 9.47 Å². The van der Waals surface area contributed by atoms with E-state index < -0.39 is 0 Å². The van der Waals surface area contributed by atoms with Crippen molar-refractivity contribution in [3.05, 3.63) is 36.9 Å². The molecular formula is C18H21NO3. The molecule has 1 fully saturated rings. The monoisotopic (exact) mass is 299 g/mol. The van der Waals surface area contributed by atoms with E-state index in [1.54, 1.807) is 30.3 Å². The van der Waals surface area contributed by atoms with E-state index in [1.807, 2.05) is 0 Å². The lowest BCUT2D eigenvalue weighted by molar-refractivity contribution is -0.140. The highest BCUT2D eigenvalue weighted by Gasteiger charge is 2.26. The molecule has 0 saturated carbocycles. The predicted octanol–water partition coefficient (Wildman–Crippen LogP) is 2.50. The molecule has 2 rings (SSSR count). The van der Waals surface area contributed by atoms with Gasteiger partial charge in [-0.25, -0.2) is 0 Å². The summed E-state index contributed by atoms with van der Waals surface area (Å²) in [6, 6.07) is 7.04. The van der Waals surface area contributed by atoms with Crippen LogP contribution in [-0.2, 0) is 4.79 Å². The molecule has 1 saturated heterocycles. The number of nitrogens with zero attached hydrogens (tertiary/aromatic N) is 1. The Hall–Kier alpha value is -2.25. The largest absolute Gasteiger partial charge is 0.490 e. The van der Waals surface area contributed by atoms with E-state index in [4.69, 9.17) is 15.9 Å². The average molecular weight is 299 g/mol. The number of likely N-dealkylation sites (tertiary alicyclic amines) is 1. The highest BCUT2D eigenvalue weighted by molar-refractivity contribution is 5.75. The Morgan fingerprint density at radius 1 is 1.32 bits per heavy atom. The van der Waals surface area contributed by atoms with Gasteiger partial charge in [0.1, 0.15) is 18.1 Å². The van der Waals surface area contributed by atoms with E-state index in [0.29, 0.717) is 18.9 Å². The fraction of sp³-hybridized carbons (Fsp3) is 0.389. The molecule has 0 radical (unpaired) electrons. The number of benzene rings is 1. The van der Waals surface area contributed by atoms with Crippen molar-refractivity contribution in [1.82, 2.24) is 4.90 Å². The quantitative estimate of drug-likeness (QED) is 0.350. The number of hydrogen-bond donors (Lipinski definition) is 0. The van der Waals surface area contributed by atoms with Crippen molar-refractivity contribution in [2.75, 3.05) is 26.2 Å². The van der Waals surface area contributed by atoms with Crippen LogP contribution in [0.15, 0.2) is 36.9 Å². The van der Waals surface area contributed by atoms with Crippen molar-refractivity contribution in [2.24, 2.45) is 5.92 Å². The van der Waals surface area contributed by atoms with Crippen molar-refractivity contribution in [1.29, 1.82) is 0 Å². The zero-order chi connectivity index (χ0) is 15.8. The number of esters is 1. The van der Waals surface area contributed by atoms with Gasteiger partial charge in [-0.15, -0.1) is 6.42 Å². The summed E-state index contributed by atoms with van der Waals surface area (Å²) in [4.78, 5) is 14.3. The highest BCUT2D eigenvalue weighted by atomic mass is 16.5. The number of terminal acetylenes is 1. The van der Waals surface area contributed by atoms with Gasteiger partial charge in [0.15, 0.2) is 0 Å². The summed E-state index contributed by atoms with van der Waals surface area (Å²) in [5.74, 6) is 3.68. The van der Waals surface area contributed by atoms with Gasteiger partial charge in [0.2, 0.25) is 0 Å². The maximum atomic E-state index is 12.2. The Balaban J connectivity index is 1.82. The maximum absolute atomic E-state index is 12.2. The third-order valence-electron chi connectivity index (χ3n) is 3.65. The smallest absolute Gasteiger partial charge is 0.314 e. The second-order valence-electron chi connectivity index (χ2n) is 5.25. The van der Waals surface area contributed by atoms with Crippen LogP contribution >= 0.6 is 0 Å². The first-order chi connectivity index (χ1) is 10.7. The summed E-state index contributed by atoms with van der Waals surface area (Å²) in [5, 5.41) is 0. The Morgan fingerprint density at radius 3 is 2.55 bits per heavy atom. The van der Waals surface area contributed by atoms with Crippen LogP contribution in [0.5, 0.6) is 11.5 Å². The van der Waals surface area contributed by atoms with Crippen molar-refractivity contribution < 1.29 is 14.3 Å². The zero-order valence-corrected chi connectivity index (χ0v) is 12.7. The second kappa shape index (κ2) is 8.26. The lowest BCUT2D eigenvalue weighted by Gasteiger charge is -2.29. The fourth-order valence-corrected chi connectivity index (χ4v) is 2.41. The minimum Gasteiger partial charge on any atom is -0.490 e. The number of ether oxygens (including phenoxy) is 2. The van der Waals surface area contributed by atoms with Crippen molar-refractivity contribution >= 4 is 5.97 Å². The van der Waals surface area contributed by atoms with Crippen LogP contribution in [0.25, 0.3) is 0 Å². The first-order valence-corrected chi connectivity index (χ1v) is 7.44. The molecule has 0 bridgehead atoms. The van der Waals surface area contributed by atoms with E-state index in [0.717, 1.165) is 31.7 Å². The maximum Gasteiger partial charge on any atom is 0.314 e. The van der Waals surface area contributed by atoms with E-state index >= 15 is 0 Å². The normalized spacial score (nSPS) is 15.8. The summed E-state index contributed by atoms with van der Waals surface area (Å²) >= 11 is 0. The fourth-order valence-electron chi connectivity index (χ4n) is 2.41. The van der Waals surface area contributed by atoms with E-state index in [-0.39, 0.29) is 11.9 Å². The molecule has 0 amide bonds. The van der Waals surface area contributed by atoms with Crippen LogP contribution in [0, 0.1) is 18.3 Å². The molecule has 1 aliphatic heterocycles. The van der Waals surface area contributed by atoms with Crippen LogP contribution in [0.2, 0.25) is 0 Å². The Morgan fingerprint density at radius 2 is 1.95 bits per heavy atom. The van der Waals surface area contributed by atoms with Gasteiger partial charge in [-0.05, 0) is 50.2 Å². The molecule has 1 aromatic carbocycles. The Bertz CT molecular complexity index is 536. The molecular weight excluding hydrogens is 278 g/mol. The summed E-state index contributed by atoms with van der Waals surface area (Å²) in [7, 11) is 0. The van der Waals surface area contributed by atoms with Crippen LogP contribution in [-0.4, -0.2) is 37.1 Å². The van der Waals surface area contributed by atoms with Crippen molar-refractivity contribution in [2.45, 2.75) is 12.8 Å². The number of carbonyl (C=O) groups is 1. The third-order valence-corrected chi connectivity index (χ3v) is 3.65. The van der Waals surface area contributed by atoms with Gasteiger partial charge in [0.25, 0.3) is 0 Å².